The number of hydrogen-bond acceptors (Lipinski definition) is 6. The molecule has 0 saturated carbocycles. The van der Waals surface area contributed by atoms with Gasteiger partial charge in [-0.3, -0.25) is 14.9 Å². The zero-order valence-electron chi connectivity index (χ0n) is 16.1. The molecule has 0 aliphatic heterocycles. The number of rotatable bonds is 8. The predicted molar refractivity (Wildman–Crippen MR) is 104 cm³/mol. The summed E-state index contributed by atoms with van der Waals surface area (Å²) in [5.41, 5.74) is 3.42. The van der Waals surface area contributed by atoms with Crippen LogP contribution in [0.25, 0.3) is 0 Å². The van der Waals surface area contributed by atoms with Crippen LogP contribution in [-0.4, -0.2) is 27.8 Å². The van der Waals surface area contributed by atoms with Crippen molar-refractivity contribution in [3.8, 4) is 0 Å². The number of aromatic nitrogens is 1. The van der Waals surface area contributed by atoms with Gasteiger partial charge in [0.05, 0.1) is 6.07 Å². The first kappa shape index (κ1) is 20.1. The lowest BCUT2D eigenvalue weighted by atomic mass is 10.1. The zero-order valence-corrected chi connectivity index (χ0v) is 16.1. The maximum absolute atomic E-state index is 12.5. The Hall–Kier alpha value is -3.68. The van der Waals surface area contributed by atoms with E-state index in [2.05, 4.69) is 16.7 Å². The lowest BCUT2D eigenvalue weighted by Gasteiger charge is -2.10. The normalized spacial score (nSPS) is 10.7. The highest BCUT2D eigenvalue weighted by molar-refractivity contribution is 6.00. The molecule has 0 bridgehead atoms. The molecule has 1 aromatic carbocycles. The first-order valence-electron chi connectivity index (χ1n) is 9.02. The molecule has 0 radical (unpaired) electrons. The lowest BCUT2D eigenvalue weighted by molar-refractivity contribution is -0.402. The van der Waals surface area contributed by atoms with Gasteiger partial charge in [0.2, 0.25) is 11.5 Å². The van der Waals surface area contributed by atoms with Gasteiger partial charge >= 0.3 is 11.9 Å². The number of nitro groups is 1. The molecule has 3 rings (SSSR count). The fraction of sp³-hybridized carbons (Fsp3) is 0.238. The number of Topliss-reactive ketones (excluding diaryl/α,β-unsaturated/α-hetero) is 1. The largest absolute Gasteiger partial charge is 0.451 e. The fourth-order valence-corrected chi connectivity index (χ4v) is 3.13. The van der Waals surface area contributed by atoms with E-state index in [9.17, 15) is 19.7 Å². The Morgan fingerprint density at radius 2 is 1.86 bits per heavy atom. The lowest BCUT2D eigenvalue weighted by Crippen LogP contribution is -2.15. The average molecular weight is 396 g/mol. The molecule has 2 heterocycles. The summed E-state index contributed by atoms with van der Waals surface area (Å²) >= 11 is 0. The highest BCUT2D eigenvalue weighted by atomic mass is 16.7. The highest BCUT2D eigenvalue weighted by Crippen LogP contribution is 2.19. The van der Waals surface area contributed by atoms with Crippen LogP contribution in [0.3, 0.4) is 0 Å². The number of carbonyl (C=O) groups excluding carboxylic acids is 2. The van der Waals surface area contributed by atoms with Gasteiger partial charge in [-0.05, 0) is 38.0 Å². The average Bonchev–Trinajstić information content (AvgIpc) is 3.31. The van der Waals surface area contributed by atoms with E-state index in [0.717, 1.165) is 36.5 Å². The summed E-state index contributed by atoms with van der Waals surface area (Å²) in [6.45, 7) is 4.02. The molecule has 0 saturated heterocycles. The quantitative estimate of drug-likeness (QED) is 0.248. The molecule has 0 amide bonds. The minimum absolute atomic E-state index is 0.321. The Morgan fingerprint density at radius 1 is 1.14 bits per heavy atom. The van der Waals surface area contributed by atoms with E-state index in [1.165, 1.54) is 5.56 Å². The van der Waals surface area contributed by atoms with Crippen LogP contribution in [0.15, 0.2) is 52.9 Å². The van der Waals surface area contributed by atoms with Gasteiger partial charge in [-0.2, -0.15) is 0 Å². The van der Waals surface area contributed by atoms with Crippen LogP contribution in [0.4, 0.5) is 5.88 Å². The van der Waals surface area contributed by atoms with E-state index >= 15 is 0 Å². The van der Waals surface area contributed by atoms with E-state index in [1.54, 1.807) is 6.07 Å². The number of ether oxygens (including phenoxy) is 1. The second-order valence-electron chi connectivity index (χ2n) is 6.57. The Balaban J connectivity index is 1.63. The summed E-state index contributed by atoms with van der Waals surface area (Å²) < 4.78 is 11.8. The monoisotopic (exact) mass is 396 g/mol. The summed E-state index contributed by atoms with van der Waals surface area (Å²) in [4.78, 5) is 34.3. The third kappa shape index (κ3) is 4.60. The van der Waals surface area contributed by atoms with Gasteiger partial charge in [0, 0.05) is 23.5 Å². The van der Waals surface area contributed by atoms with Gasteiger partial charge in [0.25, 0.3) is 0 Å². The number of furan rings is 1. The first-order valence-corrected chi connectivity index (χ1v) is 9.02. The molecule has 0 atom stereocenters. The van der Waals surface area contributed by atoms with E-state index in [-0.39, 0.29) is 11.5 Å². The van der Waals surface area contributed by atoms with Crippen LogP contribution in [0, 0.1) is 24.0 Å². The second kappa shape index (κ2) is 8.55. The van der Waals surface area contributed by atoms with E-state index < -0.39 is 23.4 Å². The number of ketones is 1. The molecule has 2 aromatic heterocycles. The molecule has 0 N–H and O–H groups in total. The molecule has 0 fully saturated rings. The smallest absolute Gasteiger partial charge is 0.433 e. The molecule has 8 nitrogen and oxygen atoms in total. The SMILES string of the molecule is Cc1cc(C(=O)COC(=O)c2ccc([N+](=O)[O-])o2)c(C)n1CCc1ccccc1. The third-order valence-corrected chi connectivity index (χ3v) is 4.65. The van der Waals surface area contributed by atoms with Gasteiger partial charge < -0.3 is 13.7 Å². The van der Waals surface area contributed by atoms with Crippen molar-refractivity contribution in [2.45, 2.75) is 26.8 Å². The minimum atomic E-state index is -0.927. The minimum Gasteiger partial charge on any atom is -0.451 e. The zero-order chi connectivity index (χ0) is 21.0. The van der Waals surface area contributed by atoms with Gasteiger partial charge in [-0.25, -0.2) is 4.79 Å². The summed E-state index contributed by atoms with van der Waals surface area (Å²) in [5.74, 6) is -2.16. The van der Waals surface area contributed by atoms with Crippen molar-refractivity contribution in [2.75, 3.05) is 6.61 Å². The molecule has 8 heteroatoms. The highest BCUT2D eigenvalue weighted by Gasteiger charge is 2.21. The van der Waals surface area contributed by atoms with Crippen molar-refractivity contribution in [1.29, 1.82) is 0 Å². The molecule has 0 aliphatic carbocycles. The van der Waals surface area contributed by atoms with Crippen molar-refractivity contribution < 1.29 is 23.7 Å². The standard InChI is InChI=1S/C21H20N2O6/c1-14-12-17(15(2)22(14)11-10-16-6-4-3-5-7-16)18(24)13-28-21(25)19-8-9-20(29-19)23(26)27/h3-9,12H,10-11,13H2,1-2H3. The molecular formula is C21H20N2O6. The van der Waals surface area contributed by atoms with Crippen LogP contribution < -0.4 is 0 Å². The second-order valence-corrected chi connectivity index (χ2v) is 6.57. The van der Waals surface area contributed by atoms with Crippen molar-refractivity contribution >= 4 is 17.6 Å². The van der Waals surface area contributed by atoms with Crippen molar-refractivity contribution in [2.24, 2.45) is 0 Å². The summed E-state index contributed by atoms with van der Waals surface area (Å²) in [7, 11) is 0. The van der Waals surface area contributed by atoms with Gasteiger partial charge in [-0.1, -0.05) is 30.3 Å². The van der Waals surface area contributed by atoms with Gasteiger partial charge in [0.15, 0.2) is 6.61 Å². The number of carbonyl (C=O) groups is 2. The van der Waals surface area contributed by atoms with Crippen molar-refractivity contribution in [1.82, 2.24) is 4.57 Å². The van der Waals surface area contributed by atoms with E-state index in [4.69, 9.17) is 9.15 Å². The fourth-order valence-electron chi connectivity index (χ4n) is 3.13. The maximum Gasteiger partial charge on any atom is 0.433 e. The number of nitrogens with zero attached hydrogens (tertiary/aromatic N) is 2. The van der Waals surface area contributed by atoms with Crippen LogP contribution in [-0.2, 0) is 17.7 Å². The van der Waals surface area contributed by atoms with Crippen LogP contribution in [0.2, 0.25) is 0 Å². The molecular weight excluding hydrogens is 376 g/mol. The molecule has 150 valence electrons. The first-order chi connectivity index (χ1) is 13.9. The summed E-state index contributed by atoms with van der Waals surface area (Å²) in [6, 6.07) is 14.0. The molecule has 29 heavy (non-hydrogen) atoms. The number of esters is 1. The van der Waals surface area contributed by atoms with Crippen molar-refractivity contribution in [3.63, 3.8) is 0 Å². The molecule has 0 aliphatic rings. The Kier molecular flexibility index (Phi) is 5.92. The van der Waals surface area contributed by atoms with E-state index in [1.807, 2.05) is 32.0 Å². The number of benzene rings is 1. The molecule has 0 spiro atoms. The predicted octanol–water partition coefficient (Wildman–Crippen LogP) is 3.89. The number of hydrogen-bond donors (Lipinski definition) is 0. The van der Waals surface area contributed by atoms with Crippen LogP contribution in [0.5, 0.6) is 0 Å². The van der Waals surface area contributed by atoms with Gasteiger partial charge in [-0.15, -0.1) is 0 Å². The van der Waals surface area contributed by atoms with Crippen LogP contribution in [0.1, 0.15) is 37.9 Å². The van der Waals surface area contributed by atoms with E-state index in [0.29, 0.717) is 5.56 Å². The topological polar surface area (TPSA) is 105 Å². The Bertz CT molecular complexity index is 1050. The Morgan fingerprint density at radius 3 is 2.52 bits per heavy atom. The molecule has 0 unspecified atom stereocenters. The summed E-state index contributed by atoms with van der Waals surface area (Å²) in [6.07, 6.45) is 0.830. The van der Waals surface area contributed by atoms with Crippen LogP contribution >= 0.6 is 0 Å². The third-order valence-electron chi connectivity index (χ3n) is 4.65. The Labute approximate surface area is 166 Å². The van der Waals surface area contributed by atoms with Crippen molar-refractivity contribution in [3.05, 3.63) is 86.9 Å². The van der Waals surface area contributed by atoms with Gasteiger partial charge in [0.1, 0.15) is 4.92 Å². The maximum atomic E-state index is 12.5. The number of aryl methyl sites for hydroxylation is 2. The molecule has 3 aromatic rings. The summed E-state index contributed by atoms with van der Waals surface area (Å²) in [5, 5.41) is 10.6.